The Hall–Kier alpha value is -2.11. The number of benzene rings is 2. The number of Topliss-reactive ketones (excluding diaryl/α,β-unsaturated/α-hetero) is 1. The first-order valence-corrected chi connectivity index (χ1v) is 8.47. The van der Waals surface area contributed by atoms with Crippen molar-refractivity contribution < 1.29 is 9.59 Å². The van der Waals surface area contributed by atoms with E-state index in [1.54, 1.807) is 31.2 Å². The molecule has 3 rings (SSSR count). The normalized spacial score (nSPS) is 17.3. The summed E-state index contributed by atoms with van der Waals surface area (Å²) >= 11 is 9.28. The summed E-state index contributed by atoms with van der Waals surface area (Å²) in [5.74, 6) is -0.149. The molecule has 0 bridgehead atoms. The summed E-state index contributed by atoms with van der Waals surface area (Å²) in [7, 11) is 0. The molecular weight excluding hydrogens is 392 g/mol. The predicted molar refractivity (Wildman–Crippen MR) is 97.0 cm³/mol. The fraction of sp³-hybridized carbons (Fsp3) is 0.111. The first-order valence-electron chi connectivity index (χ1n) is 7.29. The van der Waals surface area contributed by atoms with Crippen LogP contribution in [-0.2, 0) is 0 Å². The van der Waals surface area contributed by atoms with Crippen LogP contribution in [0.15, 0.2) is 64.3 Å². The van der Waals surface area contributed by atoms with Gasteiger partial charge in [-0.3, -0.25) is 4.79 Å². The number of ketones is 1. The molecule has 0 saturated heterocycles. The molecule has 24 heavy (non-hydrogen) atoms. The maximum absolute atomic E-state index is 13.0. The van der Waals surface area contributed by atoms with E-state index in [1.165, 1.54) is 0 Å². The van der Waals surface area contributed by atoms with Crippen molar-refractivity contribution in [2.75, 3.05) is 0 Å². The van der Waals surface area contributed by atoms with Crippen LogP contribution in [0.5, 0.6) is 0 Å². The number of carbonyl (C=O) groups excluding carboxylic acids is 2. The van der Waals surface area contributed by atoms with Crippen molar-refractivity contribution in [3.8, 4) is 0 Å². The van der Waals surface area contributed by atoms with E-state index in [0.29, 0.717) is 21.9 Å². The van der Waals surface area contributed by atoms with Gasteiger partial charge in [-0.15, -0.1) is 0 Å². The fourth-order valence-corrected chi connectivity index (χ4v) is 3.05. The van der Waals surface area contributed by atoms with Gasteiger partial charge in [-0.2, -0.15) is 0 Å². The average molecular weight is 406 g/mol. The topological polar surface area (TPSA) is 58.2 Å². The molecule has 4 nitrogen and oxygen atoms in total. The molecule has 2 amide bonds. The molecule has 0 saturated carbocycles. The van der Waals surface area contributed by atoms with E-state index in [2.05, 4.69) is 26.6 Å². The lowest BCUT2D eigenvalue weighted by Gasteiger charge is -2.28. The third kappa shape index (κ3) is 3.37. The standard InChI is InChI=1S/C18H14BrClN2O2/c1-10-15(17(23)12-4-8-14(20)9-5-12)16(22-18(24)21-10)11-2-6-13(19)7-3-11/h2-9,16H,1H3,(H2,21,22,24). The Morgan fingerprint density at radius 2 is 1.71 bits per heavy atom. The van der Waals surface area contributed by atoms with E-state index in [0.717, 1.165) is 10.0 Å². The highest BCUT2D eigenvalue weighted by Gasteiger charge is 2.31. The van der Waals surface area contributed by atoms with Crippen LogP contribution in [0.1, 0.15) is 28.9 Å². The molecule has 0 aliphatic carbocycles. The summed E-state index contributed by atoms with van der Waals surface area (Å²) in [6, 6.07) is 13.4. The molecule has 1 unspecified atom stereocenters. The Kier molecular flexibility index (Phi) is 4.73. The smallest absolute Gasteiger partial charge is 0.319 e. The third-order valence-corrected chi connectivity index (χ3v) is 4.60. The summed E-state index contributed by atoms with van der Waals surface area (Å²) in [5.41, 5.74) is 2.42. The molecule has 1 atom stereocenters. The van der Waals surface area contributed by atoms with Crippen LogP contribution in [0.4, 0.5) is 4.79 Å². The summed E-state index contributed by atoms with van der Waals surface area (Å²) in [6.07, 6.45) is 0. The molecular formula is C18H14BrClN2O2. The fourth-order valence-electron chi connectivity index (χ4n) is 2.66. The van der Waals surface area contributed by atoms with Gasteiger partial charge in [-0.1, -0.05) is 39.7 Å². The van der Waals surface area contributed by atoms with Crippen LogP contribution in [0.25, 0.3) is 0 Å². The molecule has 1 aliphatic heterocycles. The summed E-state index contributed by atoms with van der Waals surface area (Å²) in [6.45, 7) is 1.73. The number of urea groups is 1. The van der Waals surface area contributed by atoms with Crippen molar-refractivity contribution >= 4 is 39.3 Å². The Balaban J connectivity index is 2.04. The van der Waals surface area contributed by atoms with Crippen LogP contribution >= 0.6 is 27.5 Å². The maximum Gasteiger partial charge on any atom is 0.319 e. The number of hydrogen-bond acceptors (Lipinski definition) is 2. The number of carbonyl (C=O) groups is 2. The predicted octanol–water partition coefficient (Wildman–Crippen LogP) is 4.61. The first kappa shape index (κ1) is 16.7. The zero-order valence-electron chi connectivity index (χ0n) is 12.8. The van der Waals surface area contributed by atoms with E-state index in [-0.39, 0.29) is 11.8 Å². The first-order chi connectivity index (χ1) is 11.5. The second kappa shape index (κ2) is 6.79. The number of hydrogen-bond donors (Lipinski definition) is 2. The lowest BCUT2D eigenvalue weighted by molar-refractivity contribution is 0.102. The number of nitrogens with one attached hydrogen (secondary N) is 2. The van der Waals surface area contributed by atoms with Gasteiger partial charge in [0.15, 0.2) is 5.78 Å². The molecule has 2 N–H and O–H groups in total. The van der Waals surface area contributed by atoms with Crippen LogP contribution < -0.4 is 10.6 Å². The van der Waals surface area contributed by atoms with Crippen molar-refractivity contribution in [3.63, 3.8) is 0 Å². The van der Waals surface area contributed by atoms with Crippen LogP contribution in [-0.4, -0.2) is 11.8 Å². The van der Waals surface area contributed by atoms with Crippen LogP contribution in [0, 0.1) is 0 Å². The number of rotatable bonds is 3. The lowest BCUT2D eigenvalue weighted by Crippen LogP contribution is -2.45. The number of amides is 2. The molecule has 0 fully saturated rings. The highest BCUT2D eigenvalue weighted by atomic mass is 79.9. The molecule has 2 aromatic rings. The van der Waals surface area contributed by atoms with Gasteiger partial charge in [-0.05, 0) is 48.9 Å². The summed E-state index contributed by atoms with van der Waals surface area (Å²) < 4.78 is 0.929. The zero-order chi connectivity index (χ0) is 17.3. The van der Waals surface area contributed by atoms with Crippen LogP contribution in [0.2, 0.25) is 5.02 Å². The number of allylic oxidation sites excluding steroid dienone is 1. The molecule has 2 aromatic carbocycles. The van der Waals surface area contributed by atoms with Gasteiger partial charge in [0.1, 0.15) is 0 Å². The Morgan fingerprint density at radius 3 is 2.33 bits per heavy atom. The SMILES string of the molecule is CC1=C(C(=O)c2ccc(Cl)cc2)C(c2ccc(Br)cc2)NC(=O)N1. The minimum Gasteiger partial charge on any atom is -0.327 e. The monoisotopic (exact) mass is 404 g/mol. The van der Waals surface area contributed by atoms with Gasteiger partial charge in [0.2, 0.25) is 0 Å². The van der Waals surface area contributed by atoms with Crippen molar-refractivity contribution in [1.29, 1.82) is 0 Å². The molecule has 1 aliphatic rings. The molecule has 122 valence electrons. The Morgan fingerprint density at radius 1 is 1.08 bits per heavy atom. The van der Waals surface area contributed by atoms with Gasteiger partial charge in [0.05, 0.1) is 6.04 Å². The Labute approximate surface area is 153 Å². The summed E-state index contributed by atoms with van der Waals surface area (Å²) in [5, 5.41) is 6.07. The van der Waals surface area contributed by atoms with E-state index in [4.69, 9.17) is 11.6 Å². The molecule has 6 heteroatoms. The lowest BCUT2D eigenvalue weighted by atomic mass is 9.90. The van der Waals surface area contributed by atoms with Gasteiger partial charge >= 0.3 is 6.03 Å². The van der Waals surface area contributed by atoms with Gasteiger partial charge in [-0.25, -0.2) is 4.79 Å². The van der Waals surface area contributed by atoms with E-state index in [1.807, 2.05) is 24.3 Å². The minimum absolute atomic E-state index is 0.149. The van der Waals surface area contributed by atoms with Crippen molar-refractivity contribution in [3.05, 3.63) is 80.4 Å². The second-order valence-electron chi connectivity index (χ2n) is 5.46. The quantitative estimate of drug-likeness (QED) is 0.732. The van der Waals surface area contributed by atoms with Gasteiger partial charge in [0, 0.05) is 26.3 Å². The van der Waals surface area contributed by atoms with Gasteiger partial charge < -0.3 is 10.6 Å². The van der Waals surface area contributed by atoms with Gasteiger partial charge in [0.25, 0.3) is 0 Å². The zero-order valence-corrected chi connectivity index (χ0v) is 15.1. The largest absolute Gasteiger partial charge is 0.327 e. The molecule has 0 radical (unpaired) electrons. The maximum atomic E-state index is 13.0. The van der Waals surface area contributed by atoms with Crippen LogP contribution in [0.3, 0.4) is 0 Å². The molecule has 0 aromatic heterocycles. The highest BCUT2D eigenvalue weighted by Crippen LogP contribution is 2.30. The van der Waals surface area contributed by atoms with Crippen molar-refractivity contribution in [1.82, 2.24) is 10.6 Å². The average Bonchev–Trinajstić information content (AvgIpc) is 2.55. The van der Waals surface area contributed by atoms with Crippen molar-refractivity contribution in [2.45, 2.75) is 13.0 Å². The van der Waals surface area contributed by atoms with E-state index < -0.39 is 6.04 Å². The Bertz CT molecular complexity index is 829. The number of halogens is 2. The summed E-state index contributed by atoms with van der Waals surface area (Å²) in [4.78, 5) is 24.9. The highest BCUT2D eigenvalue weighted by molar-refractivity contribution is 9.10. The third-order valence-electron chi connectivity index (χ3n) is 3.82. The second-order valence-corrected chi connectivity index (χ2v) is 6.81. The van der Waals surface area contributed by atoms with E-state index in [9.17, 15) is 9.59 Å². The van der Waals surface area contributed by atoms with E-state index >= 15 is 0 Å². The minimum atomic E-state index is -0.505. The molecule has 0 spiro atoms. The van der Waals surface area contributed by atoms with Crippen molar-refractivity contribution in [2.24, 2.45) is 0 Å². The molecule has 1 heterocycles.